The highest BCUT2D eigenvalue weighted by atomic mass is 32.2. The number of rotatable bonds is 4. The summed E-state index contributed by atoms with van der Waals surface area (Å²) in [7, 11) is -2.22. The van der Waals surface area contributed by atoms with E-state index in [0.29, 0.717) is 17.1 Å². The third kappa shape index (κ3) is 3.77. The summed E-state index contributed by atoms with van der Waals surface area (Å²) in [5.74, 6) is -0.180. The van der Waals surface area contributed by atoms with Gasteiger partial charge < -0.3 is 14.6 Å². The van der Waals surface area contributed by atoms with Crippen LogP contribution in [-0.2, 0) is 21.9 Å². The molecular formula is C23H19N3O5S2. The van der Waals surface area contributed by atoms with Crippen LogP contribution in [0.2, 0.25) is 0 Å². The number of nitrogens with one attached hydrogen (secondary N) is 1. The van der Waals surface area contributed by atoms with E-state index in [1.54, 1.807) is 72.3 Å². The van der Waals surface area contributed by atoms with Crippen molar-refractivity contribution in [1.82, 2.24) is 4.57 Å². The molecule has 3 aromatic carbocycles. The zero-order valence-electron chi connectivity index (χ0n) is 17.5. The van der Waals surface area contributed by atoms with E-state index in [4.69, 9.17) is 4.74 Å². The number of aryl methyl sites for hydroxylation is 1. The molecule has 8 nitrogen and oxygen atoms in total. The van der Waals surface area contributed by atoms with Gasteiger partial charge >= 0.3 is 4.87 Å². The number of amides is 1. The summed E-state index contributed by atoms with van der Waals surface area (Å²) in [4.78, 5) is 25.0. The predicted molar refractivity (Wildman–Crippen MR) is 128 cm³/mol. The maximum atomic E-state index is 13.4. The van der Waals surface area contributed by atoms with Gasteiger partial charge in [0.05, 0.1) is 27.3 Å². The molecule has 0 spiro atoms. The SMILES string of the molecule is Cn1c(=O)sc2cc(NC(=O)C3CN(S(=O)(=O)c4ccccc4)c4ccccc4O3)ccc21. The van der Waals surface area contributed by atoms with Gasteiger partial charge in [-0.1, -0.05) is 41.7 Å². The number of hydrogen-bond donors (Lipinski definition) is 1. The van der Waals surface area contributed by atoms with Crippen LogP contribution in [-0.4, -0.2) is 31.5 Å². The minimum absolute atomic E-state index is 0.0949. The number of thiazole rings is 1. The Morgan fingerprint density at radius 2 is 1.79 bits per heavy atom. The zero-order chi connectivity index (χ0) is 23.2. The summed E-state index contributed by atoms with van der Waals surface area (Å²) in [6.07, 6.45) is -1.07. The van der Waals surface area contributed by atoms with Gasteiger partial charge in [-0.25, -0.2) is 8.42 Å². The summed E-state index contributed by atoms with van der Waals surface area (Å²) < 4.78 is 36.1. The Morgan fingerprint density at radius 1 is 1.06 bits per heavy atom. The number of carbonyl (C=O) groups is 1. The van der Waals surface area contributed by atoms with Crippen molar-refractivity contribution in [2.45, 2.75) is 11.0 Å². The lowest BCUT2D eigenvalue weighted by Gasteiger charge is -2.34. The van der Waals surface area contributed by atoms with Crippen LogP contribution in [0.25, 0.3) is 10.2 Å². The topological polar surface area (TPSA) is 97.7 Å². The van der Waals surface area contributed by atoms with Crippen LogP contribution in [0.1, 0.15) is 0 Å². The largest absolute Gasteiger partial charge is 0.476 e. The van der Waals surface area contributed by atoms with Gasteiger partial charge in [-0.15, -0.1) is 0 Å². The van der Waals surface area contributed by atoms with E-state index < -0.39 is 22.0 Å². The summed E-state index contributed by atoms with van der Waals surface area (Å²) in [6.45, 7) is -0.180. The van der Waals surface area contributed by atoms with Crippen molar-refractivity contribution in [3.63, 3.8) is 0 Å². The minimum Gasteiger partial charge on any atom is -0.476 e. The van der Waals surface area contributed by atoms with Gasteiger partial charge in [0.15, 0.2) is 6.10 Å². The molecule has 1 aliphatic rings. The molecular weight excluding hydrogens is 462 g/mol. The van der Waals surface area contributed by atoms with Crippen molar-refractivity contribution in [3.8, 4) is 5.75 Å². The zero-order valence-corrected chi connectivity index (χ0v) is 19.1. The van der Waals surface area contributed by atoms with E-state index in [1.165, 1.54) is 16.4 Å². The number of para-hydroxylation sites is 2. The number of ether oxygens (including phenoxy) is 1. The Balaban J connectivity index is 1.46. The summed E-state index contributed by atoms with van der Waals surface area (Å²) in [6, 6.07) is 20.0. The molecule has 2 heterocycles. The Hall–Kier alpha value is -3.63. The van der Waals surface area contributed by atoms with Crippen LogP contribution >= 0.6 is 11.3 Å². The molecule has 4 aromatic rings. The minimum atomic E-state index is -3.91. The quantitative estimate of drug-likeness (QED) is 0.483. The van der Waals surface area contributed by atoms with Crippen molar-refractivity contribution >= 4 is 48.9 Å². The molecule has 1 N–H and O–H groups in total. The Kier molecular flexibility index (Phi) is 5.18. The standard InChI is InChI=1S/C23H19N3O5S2/c1-25-18-12-11-15(13-21(18)32-23(25)28)24-22(27)20-14-26(17-9-5-6-10-19(17)31-20)33(29,30)16-7-3-2-4-8-16/h2-13,20H,14H2,1H3,(H,24,27). The highest BCUT2D eigenvalue weighted by Crippen LogP contribution is 2.37. The highest BCUT2D eigenvalue weighted by Gasteiger charge is 2.37. The van der Waals surface area contributed by atoms with Gasteiger partial charge in [0.25, 0.3) is 15.9 Å². The number of aromatic nitrogens is 1. The van der Waals surface area contributed by atoms with Crippen LogP contribution < -0.4 is 19.2 Å². The second-order valence-corrected chi connectivity index (χ2v) is 10.4. The molecule has 1 amide bonds. The van der Waals surface area contributed by atoms with Crippen LogP contribution in [0.3, 0.4) is 0 Å². The molecule has 0 fully saturated rings. The lowest BCUT2D eigenvalue weighted by atomic mass is 10.2. The van der Waals surface area contributed by atoms with Gasteiger partial charge in [0.2, 0.25) is 0 Å². The van der Waals surface area contributed by atoms with Crippen molar-refractivity contribution in [2.24, 2.45) is 7.05 Å². The van der Waals surface area contributed by atoms with Crippen molar-refractivity contribution in [1.29, 1.82) is 0 Å². The number of nitrogens with zero attached hydrogens (tertiary/aromatic N) is 2. The molecule has 168 valence electrons. The van der Waals surface area contributed by atoms with Gasteiger partial charge in [0, 0.05) is 12.7 Å². The summed E-state index contributed by atoms with van der Waals surface area (Å²) in [5, 5.41) is 2.79. The number of sulfonamides is 1. The first-order valence-corrected chi connectivity index (χ1v) is 12.3. The number of fused-ring (bicyclic) bond motifs is 2. The first-order valence-electron chi connectivity index (χ1n) is 10.1. The summed E-state index contributed by atoms with van der Waals surface area (Å²) in [5.41, 5.74) is 1.64. The van der Waals surface area contributed by atoms with Crippen LogP contribution in [0.4, 0.5) is 11.4 Å². The van der Waals surface area contributed by atoms with Crippen molar-refractivity contribution in [2.75, 3.05) is 16.2 Å². The fraction of sp³-hybridized carbons (Fsp3) is 0.130. The molecule has 1 aliphatic heterocycles. The monoisotopic (exact) mass is 481 g/mol. The molecule has 5 rings (SSSR count). The van der Waals surface area contributed by atoms with Gasteiger partial charge in [-0.2, -0.15) is 0 Å². The fourth-order valence-corrected chi connectivity index (χ4v) is 6.14. The molecule has 0 radical (unpaired) electrons. The normalized spacial score (nSPS) is 15.7. The smallest absolute Gasteiger partial charge is 0.307 e. The third-order valence-electron chi connectivity index (χ3n) is 5.42. The van der Waals surface area contributed by atoms with Gasteiger partial charge in [0.1, 0.15) is 5.75 Å². The average molecular weight is 482 g/mol. The maximum absolute atomic E-state index is 13.4. The first kappa shape index (κ1) is 21.2. The van der Waals surface area contributed by atoms with Crippen molar-refractivity contribution < 1.29 is 17.9 Å². The first-order chi connectivity index (χ1) is 15.8. The van der Waals surface area contributed by atoms with E-state index in [9.17, 15) is 18.0 Å². The maximum Gasteiger partial charge on any atom is 0.307 e. The molecule has 0 bridgehead atoms. The predicted octanol–water partition coefficient (Wildman–Crippen LogP) is 3.20. The molecule has 10 heteroatoms. The fourth-order valence-electron chi connectivity index (χ4n) is 3.72. The lowest BCUT2D eigenvalue weighted by molar-refractivity contribution is -0.122. The van der Waals surface area contributed by atoms with E-state index in [2.05, 4.69) is 5.32 Å². The number of anilines is 2. The average Bonchev–Trinajstić information content (AvgIpc) is 3.11. The molecule has 1 aromatic heterocycles. The Labute approximate surface area is 193 Å². The highest BCUT2D eigenvalue weighted by molar-refractivity contribution is 7.92. The van der Waals surface area contributed by atoms with E-state index in [1.807, 2.05) is 0 Å². The molecule has 1 atom stereocenters. The van der Waals surface area contributed by atoms with Crippen LogP contribution in [0.15, 0.2) is 82.5 Å². The number of benzene rings is 3. The summed E-state index contributed by atoms with van der Waals surface area (Å²) >= 11 is 1.08. The molecule has 0 saturated heterocycles. The molecule has 1 unspecified atom stereocenters. The van der Waals surface area contributed by atoms with Crippen LogP contribution in [0, 0.1) is 0 Å². The van der Waals surface area contributed by atoms with Gasteiger partial charge in [-0.05, 0) is 42.5 Å². The van der Waals surface area contributed by atoms with E-state index in [0.717, 1.165) is 21.6 Å². The molecule has 0 aliphatic carbocycles. The Morgan fingerprint density at radius 3 is 2.58 bits per heavy atom. The number of hydrogen-bond acceptors (Lipinski definition) is 6. The second kappa shape index (κ2) is 8.05. The molecule has 0 saturated carbocycles. The Bertz CT molecular complexity index is 1530. The third-order valence-corrected chi connectivity index (χ3v) is 8.21. The lowest BCUT2D eigenvalue weighted by Crippen LogP contribution is -2.48. The van der Waals surface area contributed by atoms with Gasteiger partial charge in [-0.3, -0.25) is 13.9 Å². The van der Waals surface area contributed by atoms with Crippen LogP contribution in [0.5, 0.6) is 5.75 Å². The molecule has 33 heavy (non-hydrogen) atoms. The van der Waals surface area contributed by atoms with Crippen molar-refractivity contribution in [3.05, 3.63) is 82.5 Å². The second-order valence-electron chi connectivity index (χ2n) is 7.52. The van der Waals surface area contributed by atoms with E-state index >= 15 is 0 Å². The van der Waals surface area contributed by atoms with E-state index in [-0.39, 0.29) is 16.3 Å². The number of carbonyl (C=O) groups excluding carboxylic acids is 1.